The molecule has 1 heterocycles. The average Bonchev–Trinajstić information content (AvgIpc) is 2.37. The van der Waals surface area contributed by atoms with Crippen molar-refractivity contribution < 1.29 is 44.0 Å². The summed E-state index contributed by atoms with van der Waals surface area (Å²) in [7, 11) is -11.4. The maximum Gasteiger partial charge on any atom is 0.384 e. The van der Waals surface area contributed by atoms with Crippen LogP contribution in [0.3, 0.4) is 0 Å². The molecule has 0 aromatic carbocycles. The number of hydrogen-bond acceptors (Lipinski definition) is 7. The summed E-state index contributed by atoms with van der Waals surface area (Å²) >= 11 is 0. The first-order chi connectivity index (χ1) is 9.85. The number of aliphatic hydroxyl groups excluding tert-OH is 1. The SMILES string of the molecule is Cc1ncc(CO)c(CNC(O)(P(=O)(O)O)P(=O)(O)O)c1O. The molecular weight excluding hydrogens is 342 g/mol. The zero-order valence-electron chi connectivity index (χ0n) is 11.3. The molecule has 11 nitrogen and oxygen atoms in total. The Hall–Kier alpha value is -0.870. The maximum atomic E-state index is 11.2. The third kappa shape index (κ3) is 3.54. The zero-order chi connectivity index (χ0) is 17.3. The fourth-order valence-electron chi connectivity index (χ4n) is 1.60. The number of aliphatic hydroxyl groups is 2. The summed E-state index contributed by atoms with van der Waals surface area (Å²) in [4.78, 5) is 39.7. The number of hydrogen-bond donors (Lipinski definition) is 8. The van der Waals surface area contributed by atoms with Crippen LogP contribution in [0.2, 0.25) is 0 Å². The molecular formula is C9H16N2O9P2. The van der Waals surface area contributed by atoms with Crippen LogP contribution in [0.4, 0.5) is 0 Å². The monoisotopic (exact) mass is 358 g/mol. The minimum absolute atomic E-state index is 0.0503. The van der Waals surface area contributed by atoms with E-state index in [9.17, 15) is 19.3 Å². The Balaban J connectivity index is 3.24. The Labute approximate surface area is 124 Å². The van der Waals surface area contributed by atoms with E-state index in [1.807, 2.05) is 0 Å². The highest BCUT2D eigenvalue weighted by Crippen LogP contribution is 2.65. The van der Waals surface area contributed by atoms with Gasteiger partial charge in [0.15, 0.2) is 0 Å². The Morgan fingerprint density at radius 3 is 2.14 bits per heavy atom. The lowest BCUT2D eigenvalue weighted by molar-refractivity contribution is 0.0992. The summed E-state index contributed by atoms with van der Waals surface area (Å²) in [6.07, 6.45) is 1.17. The van der Waals surface area contributed by atoms with Crippen LogP contribution in [-0.2, 0) is 22.3 Å². The van der Waals surface area contributed by atoms with E-state index in [0.717, 1.165) is 0 Å². The van der Waals surface area contributed by atoms with Gasteiger partial charge in [0.1, 0.15) is 5.75 Å². The second-order valence-corrected chi connectivity index (χ2v) is 8.25. The molecule has 0 saturated carbocycles. The summed E-state index contributed by atoms with van der Waals surface area (Å²) in [5.41, 5.74) is 0.0506. The minimum atomic E-state index is -5.68. The number of pyridine rings is 1. The highest BCUT2D eigenvalue weighted by molar-refractivity contribution is 7.71. The number of aromatic hydroxyl groups is 1. The van der Waals surface area contributed by atoms with Gasteiger partial charge in [0.05, 0.1) is 12.3 Å². The summed E-state index contributed by atoms with van der Waals surface area (Å²) in [5, 5.41) is 26.5. The molecule has 0 radical (unpaired) electrons. The van der Waals surface area contributed by atoms with Gasteiger partial charge in [-0.05, 0) is 6.92 Å². The van der Waals surface area contributed by atoms with Crippen molar-refractivity contribution in [2.24, 2.45) is 0 Å². The van der Waals surface area contributed by atoms with Crippen molar-refractivity contribution in [2.75, 3.05) is 0 Å². The van der Waals surface area contributed by atoms with Gasteiger partial charge in [-0.3, -0.25) is 19.4 Å². The van der Waals surface area contributed by atoms with Crippen LogP contribution in [0.5, 0.6) is 5.75 Å². The molecule has 0 spiro atoms. The molecule has 0 unspecified atom stereocenters. The normalized spacial score (nSPS) is 13.4. The van der Waals surface area contributed by atoms with Gasteiger partial charge in [0.2, 0.25) is 0 Å². The molecule has 0 atom stereocenters. The molecule has 0 aliphatic rings. The number of aromatic nitrogens is 1. The highest BCUT2D eigenvalue weighted by atomic mass is 31.2. The van der Waals surface area contributed by atoms with Crippen molar-refractivity contribution in [3.63, 3.8) is 0 Å². The number of rotatable bonds is 6. The second-order valence-electron chi connectivity index (χ2n) is 4.43. The second kappa shape index (κ2) is 6.32. The van der Waals surface area contributed by atoms with E-state index < -0.39 is 39.3 Å². The van der Waals surface area contributed by atoms with Crippen LogP contribution in [0.25, 0.3) is 0 Å². The lowest BCUT2D eigenvalue weighted by Gasteiger charge is -2.30. The molecule has 0 aliphatic carbocycles. The molecule has 0 bridgehead atoms. The molecule has 0 amide bonds. The van der Waals surface area contributed by atoms with Gasteiger partial charge in [0.25, 0.3) is 0 Å². The predicted octanol–water partition coefficient (Wildman–Crippen LogP) is -1.36. The van der Waals surface area contributed by atoms with Gasteiger partial charge in [-0.2, -0.15) is 0 Å². The van der Waals surface area contributed by atoms with Crippen molar-refractivity contribution in [3.8, 4) is 5.75 Å². The van der Waals surface area contributed by atoms with E-state index in [4.69, 9.17) is 24.7 Å². The third-order valence-electron chi connectivity index (χ3n) is 2.92. The van der Waals surface area contributed by atoms with E-state index in [1.165, 1.54) is 13.1 Å². The van der Waals surface area contributed by atoms with E-state index in [1.54, 1.807) is 5.32 Å². The van der Waals surface area contributed by atoms with E-state index in [-0.39, 0.29) is 16.8 Å². The topological polar surface area (TPSA) is 201 Å². The Bertz CT molecular complexity index is 631. The molecule has 1 aromatic heterocycles. The molecule has 126 valence electrons. The lowest BCUT2D eigenvalue weighted by Crippen LogP contribution is -2.44. The minimum Gasteiger partial charge on any atom is -0.506 e. The van der Waals surface area contributed by atoms with Crippen LogP contribution in [-0.4, -0.2) is 45.1 Å². The van der Waals surface area contributed by atoms with Gasteiger partial charge in [-0.15, -0.1) is 0 Å². The number of nitrogens with one attached hydrogen (secondary N) is 1. The molecule has 8 N–H and O–H groups in total. The fourth-order valence-corrected chi connectivity index (χ4v) is 3.53. The molecule has 1 rings (SSSR count). The Morgan fingerprint density at radius 1 is 1.23 bits per heavy atom. The molecule has 0 aliphatic heterocycles. The smallest absolute Gasteiger partial charge is 0.384 e. The quantitative estimate of drug-likeness (QED) is 0.220. The Kier molecular flexibility index (Phi) is 5.51. The summed E-state index contributed by atoms with van der Waals surface area (Å²) in [5.74, 6) is -0.446. The number of aryl methyl sites for hydroxylation is 1. The summed E-state index contributed by atoms with van der Waals surface area (Å²) in [6.45, 7) is 0.0675. The zero-order valence-corrected chi connectivity index (χ0v) is 13.1. The molecule has 0 saturated heterocycles. The van der Waals surface area contributed by atoms with Crippen molar-refractivity contribution >= 4 is 15.2 Å². The molecule has 0 fully saturated rings. The van der Waals surface area contributed by atoms with E-state index in [2.05, 4.69) is 4.98 Å². The summed E-state index contributed by atoms with van der Waals surface area (Å²) in [6, 6.07) is 0. The Morgan fingerprint density at radius 2 is 1.73 bits per heavy atom. The predicted molar refractivity (Wildman–Crippen MR) is 72.4 cm³/mol. The number of nitrogens with zero attached hydrogens (tertiary/aromatic N) is 1. The van der Waals surface area contributed by atoms with Crippen LogP contribution < -0.4 is 5.32 Å². The van der Waals surface area contributed by atoms with E-state index in [0.29, 0.717) is 0 Å². The molecule has 1 aromatic rings. The largest absolute Gasteiger partial charge is 0.506 e. The van der Waals surface area contributed by atoms with Crippen molar-refractivity contribution in [1.82, 2.24) is 10.3 Å². The first-order valence-corrected chi connectivity index (χ1v) is 8.93. The van der Waals surface area contributed by atoms with Crippen molar-refractivity contribution in [1.29, 1.82) is 0 Å². The molecule has 22 heavy (non-hydrogen) atoms. The highest BCUT2D eigenvalue weighted by Gasteiger charge is 2.59. The van der Waals surface area contributed by atoms with Crippen molar-refractivity contribution in [3.05, 3.63) is 23.0 Å². The van der Waals surface area contributed by atoms with Crippen LogP contribution >= 0.6 is 15.2 Å². The third-order valence-corrected chi connectivity index (χ3v) is 6.42. The van der Waals surface area contributed by atoms with Crippen LogP contribution in [0, 0.1) is 6.92 Å². The average molecular weight is 358 g/mol. The van der Waals surface area contributed by atoms with Gasteiger partial charge in [0, 0.05) is 23.9 Å². The standard InChI is InChI=1S/C9H16N2O9P2/c1-5-8(13)7(6(4-12)2-10-5)3-11-9(14,21(15,16)17)22(18,19)20/h2,11-14H,3-4H2,1H3,(H2,15,16,17)(H2,18,19,20). The maximum absolute atomic E-state index is 11.2. The van der Waals surface area contributed by atoms with Gasteiger partial charge in [-0.1, -0.05) is 0 Å². The summed E-state index contributed by atoms with van der Waals surface area (Å²) < 4.78 is 22.4. The van der Waals surface area contributed by atoms with E-state index >= 15 is 0 Å². The van der Waals surface area contributed by atoms with Gasteiger partial charge < -0.3 is 34.9 Å². The first-order valence-electron chi connectivity index (χ1n) is 5.71. The van der Waals surface area contributed by atoms with Gasteiger partial charge >= 0.3 is 20.4 Å². The van der Waals surface area contributed by atoms with Crippen molar-refractivity contribution in [2.45, 2.75) is 25.3 Å². The van der Waals surface area contributed by atoms with Gasteiger partial charge in [-0.25, -0.2) is 0 Å². The molecule has 13 heteroatoms. The fraction of sp³-hybridized carbons (Fsp3) is 0.444. The van der Waals surface area contributed by atoms with Crippen LogP contribution in [0.15, 0.2) is 6.20 Å². The first kappa shape index (κ1) is 19.2. The lowest BCUT2D eigenvalue weighted by atomic mass is 10.1. The van der Waals surface area contributed by atoms with Crippen LogP contribution in [0.1, 0.15) is 16.8 Å².